The standard InChI is InChI=1S/C21H27N3O3/c1-5-27-21(26)19-14(2)18(15(3)23(19)4)20(25)24-12-7-6-10-17(24)16-9-8-11-22-13-16/h8-9,11,13,17H,5-7,10,12H2,1-4H3. The first-order valence-electron chi connectivity index (χ1n) is 9.51. The Kier molecular flexibility index (Phi) is 5.63. The van der Waals surface area contributed by atoms with Gasteiger partial charge in [-0.25, -0.2) is 4.79 Å². The lowest BCUT2D eigenvalue weighted by Gasteiger charge is -2.36. The topological polar surface area (TPSA) is 64.4 Å². The molecule has 0 N–H and O–H groups in total. The Balaban J connectivity index is 1.99. The van der Waals surface area contributed by atoms with E-state index in [9.17, 15) is 9.59 Å². The number of hydrogen-bond acceptors (Lipinski definition) is 4. The number of carbonyl (C=O) groups is 2. The fourth-order valence-corrected chi connectivity index (χ4v) is 4.02. The number of piperidine rings is 1. The van der Waals surface area contributed by atoms with Crippen molar-refractivity contribution in [1.29, 1.82) is 0 Å². The van der Waals surface area contributed by atoms with Gasteiger partial charge in [0, 0.05) is 31.7 Å². The van der Waals surface area contributed by atoms with Crippen LogP contribution >= 0.6 is 0 Å². The minimum absolute atomic E-state index is 0.0185. The first-order chi connectivity index (χ1) is 13.0. The molecule has 1 atom stereocenters. The van der Waals surface area contributed by atoms with E-state index < -0.39 is 0 Å². The van der Waals surface area contributed by atoms with Crippen molar-refractivity contribution in [3.05, 3.63) is 52.6 Å². The maximum absolute atomic E-state index is 13.5. The lowest BCUT2D eigenvalue weighted by atomic mass is 9.95. The summed E-state index contributed by atoms with van der Waals surface area (Å²) in [7, 11) is 1.81. The maximum Gasteiger partial charge on any atom is 0.355 e. The summed E-state index contributed by atoms with van der Waals surface area (Å²) in [6, 6.07) is 3.95. The number of ether oxygens (including phenoxy) is 1. The number of rotatable bonds is 4. The molecular weight excluding hydrogens is 342 g/mol. The first-order valence-corrected chi connectivity index (χ1v) is 9.51. The average molecular weight is 369 g/mol. The van der Waals surface area contributed by atoms with Crippen LogP contribution in [-0.4, -0.2) is 39.5 Å². The highest BCUT2D eigenvalue weighted by Crippen LogP contribution is 2.33. The highest BCUT2D eigenvalue weighted by Gasteiger charge is 2.33. The van der Waals surface area contributed by atoms with Crippen LogP contribution in [0.5, 0.6) is 0 Å². The van der Waals surface area contributed by atoms with Gasteiger partial charge in [-0.05, 0) is 57.2 Å². The van der Waals surface area contributed by atoms with Gasteiger partial charge in [0.25, 0.3) is 5.91 Å². The Labute approximate surface area is 160 Å². The average Bonchev–Trinajstić information content (AvgIpc) is 2.91. The van der Waals surface area contributed by atoms with Crippen LogP contribution in [0.25, 0.3) is 0 Å². The lowest BCUT2D eigenvalue weighted by Crippen LogP contribution is -2.39. The van der Waals surface area contributed by atoms with Crippen LogP contribution in [-0.2, 0) is 11.8 Å². The van der Waals surface area contributed by atoms with Crippen molar-refractivity contribution >= 4 is 11.9 Å². The van der Waals surface area contributed by atoms with Gasteiger partial charge in [-0.1, -0.05) is 6.07 Å². The number of aromatic nitrogens is 2. The minimum Gasteiger partial charge on any atom is -0.461 e. The van der Waals surface area contributed by atoms with Gasteiger partial charge in [0.2, 0.25) is 0 Å². The second-order valence-corrected chi connectivity index (χ2v) is 7.01. The van der Waals surface area contributed by atoms with Crippen molar-refractivity contribution in [3.8, 4) is 0 Å². The molecule has 0 aromatic carbocycles. The molecule has 3 heterocycles. The van der Waals surface area contributed by atoms with Crippen molar-refractivity contribution in [2.75, 3.05) is 13.2 Å². The molecule has 1 aliphatic heterocycles. The third-order valence-electron chi connectivity index (χ3n) is 5.45. The molecule has 1 fully saturated rings. The molecule has 27 heavy (non-hydrogen) atoms. The zero-order chi connectivity index (χ0) is 19.6. The van der Waals surface area contributed by atoms with Gasteiger partial charge in [0.15, 0.2) is 0 Å². The molecule has 1 saturated heterocycles. The van der Waals surface area contributed by atoms with E-state index in [1.54, 1.807) is 24.7 Å². The summed E-state index contributed by atoms with van der Waals surface area (Å²) in [6.45, 7) is 6.50. The van der Waals surface area contributed by atoms with E-state index >= 15 is 0 Å². The number of nitrogens with zero attached hydrogens (tertiary/aromatic N) is 3. The lowest BCUT2D eigenvalue weighted by molar-refractivity contribution is 0.0514. The van der Waals surface area contributed by atoms with Crippen LogP contribution in [0.15, 0.2) is 24.5 Å². The summed E-state index contributed by atoms with van der Waals surface area (Å²) < 4.78 is 6.95. The molecule has 2 aromatic heterocycles. The molecule has 1 aliphatic rings. The summed E-state index contributed by atoms with van der Waals surface area (Å²) in [4.78, 5) is 32.0. The summed E-state index contributed by atoms with van der Waals surface area (Å²) in [5, 5.41) is 0. The fourth-order valence-electron chi connectivity index (χ4n) is 4.02. The summed E-state index contributed by atoms with van der Waals surface area (Å²) in [5.74, 6) is -0.410. The van der Waals surface area contributed by atoms with Crippen LogP contribution in [0.2, 0.25) is 0 Å². The summed E-state index contributed by atoms with van der Waals surface area (Å²) in [5.41, 5.74) is 3.59. The third kappa shape index (κ3) is 3.48. The van der Waals surface area contributed by atoms with Gasteiger partial charge in [-0.2, -0.15) is 0 Å². The predicted molar refractivity (Wildman–Crippen MR) is 103 cm³/mol. The Morgan fingerprint density at radius 3 is 2.74 bits per heavy atom. The van der Waals surface area contributed by atoms with Gasteiger partial charge in [0.05, 0.1) is 18.2 Å². The highest BCUT2D eigenvalue weighted by atomic mass is 16.5. The van der Waals surface area contributed by atoms with Crippen molar-refractivity contribution in [3.63, 3.8) is 0 Å². The molecule has 3 rings (SSSR count). The quantitative estimate of drug-likeness (QED) is 0.773. The van der Waals surface area contributed by atoms with Crippen LogP contribution in [0.4, 0.5) is 0 Å². The van der Waals surface area contributed by atoms with Crippen LogP contribution in [0, 0.1) is 13.8 Å². The zero-order valence-electron chi connectivity index (χ0n) is 16.5. The maximum atomic E-state index is 13.5. The number of esters is 1. The molecule has 1 amide bonds. The van der Waals surface area contributed by atoms with Gasteiger partial charge < -0.3 is 14.2 Å². The number of carbonyl (C=O) groups excluding carboxylic acids is 2. The van der Waals surface area contributed by atoms with E-state index in [2.05, 4.69) is 4.98 Å². The Hall–Kier alpha value is -2.63. The molecule has 0 saturated carbocycles. The SMILES string of the molecule is CCOC(=O)c1c(C)c(C(=O)N2CCCCC2c2cccnc2)c(C)n1C. The molecule has 144 valence electrons. The smallest absolute Gasteiger partial charge is 0.355 e. The number of pyridine rings is 1. The molecule has 6 nitrogen and oxygen atoms in total. The summed E-state index contributed by atoms with van der Waals surface area (Å²) in [6.07, 6.45) is 6.58. The third-order valence-corrected chi connectivity index (χ3v) is 5.45. The first kappa shape index (κ1) is 19.1. The second kappa shape index (κ2) is 7.94. The Bertz CT molecular complexity index is 842. The van der Waals surface area contributed by atoms with E-state index in [1.807, 2.05) is 37.1 Å². The Morgan fingerprint density at radius 1 is 1.30 bits per heavy atom. The fraction of sp³-hybridized carbons (Fsp3) is 0.476. The molecular formula is C21H27N3O3. The minimum atomic E-state index is -0.387. The molecule has 1 unspecified atom stereocenters. The predicted octanol–water partition coefficient (Wildman–Crippen LogP) is 3.58. The van der Waals surface area contributed by atoms with Crippen molar-refractivity contribution < 1.29 is 14.3 Å². The number of amides is 1. The molecule has 6 heteroatoms. The molecule has 0 aliphatic carbocycles. The number of likely N-dealkylation sites (tertiary alicyclic amines) is 1. The normalized spacial score (nSPS) is 17.0. The monoisotopic (exact) mass is 369 g/mol. The zero-order valence-corrected chi connectivity index (χ0v) is 16.5. The van der Waals surface area contributed by atoms with E-state index in [0.29, 0.717) is 30.0 Å². The summed E-state index contributed by atoms with van der Waals surface area (Å²) >= 11 is 0. The number of hydrogen-bond donors (Lipinski definition) is 0. The van der Waals surface area contributed by atoms with Crippen molar-refractivity contribution in [2.24, 2.45) is 7.05 Å². The Morgan fingerprint density at radius 2 is 2.07 bits per heavy atom. The van der Waals surface area contributed by atoms with E-state index in [-0.39, 0.29) is 17.9 Å². The molecule has 2 aromatic rings. The largest absolute Gasteiger partial charge is 0.461 e. The van der Waals surface area contributed by atoms with Gasteiger partial charge in [-0.3, -0.25) is 9.78 Å². The second-order valence-electron chi connectivity index (χ2n) is 7.01. The van der Waals surface area contributed by atoms with Crippen molar-refractivity contribution in [2.45, 2.75) is 46.1 Å². The molecule has 0 spiro atoms. The van der Waals surface area contributed by atoms with E-state index in [0.717, 1.165) is 30.5 Å². The van der Waals surface area contributed by atoms with Crippen LogP contribution < -0.4 is 0 Å². The van der Waals surface area contributed by atoms with Gasteiger partial charge in [0.1, 0.15) is 5.69 Å². The van der Waals surface area contributed by atoms with Gasteiger partial charge >= 0.3 is 5.97 Å². The molecule has 0 radical (unpaired) electrons. The van der Waals surface area contributed by atoms with E-state index in [1.165, 1.54) is 0 Å². The van der Waals surface area contributed by atoms with E-state index in [4.69, 9.17) is 4.74 Å². The van der Waals surface area contributed by atoms with Crippen LogP contribution in [0.1, 0.15) is 69.9 Å². The molecule has 0 bridgehead atoms. The van der Waals surface area contributed by atoms with Crippen LogP contribution in [0.3, 0.4) is 0 Å². The highest BCUT2D eigenvalue weighted by molar-refractivity contribution is 6.01. The van der Waals surface area contributed by atoms with Crippen molar-refractivity contribution in [1.82, 2.24) is 14.5 Å². The van der Waals surface area contributed by atoms with Gasteiger partial charge in [-0.15, -0.1) is 0 Å².